The third kappa shape index (κ3) is 15.5. The molecular formula is C124H190KNO17. The van der Waals surface area contributed by atoms with E-state index in [0.717, 1.165) is 188 Å². The van der Waals surface area contributed by atoms with Gasteiger partial charge in [0.1, 0.15) is 17.7 Å². The number of hydrogen-bond donors (Lipinski definition) is 5. The molecule has 20 rings (SSSR count). The predicted octanol–water partition coefficient (Wildman–Crippen LogP) is 23.5. The first-order valence-electron chi connectivity index (χ1n) is 57.2. The molecule has 19 heteroatoms. The number of isocyanates is 1. The van der Waals surface area contributed by atoms with Gasteiger partial charge >= 0.3 is 75.3 Å². The summed E-state index contributed by atoms with van der Waals surface area (Å²) in [5, 5.41) is 53.4. The van der Waals surface area contributed by atoms with Crippen LogP contribution in [0, 0.1) is 198 Å². The van der Waals surface area contributed by atoms with Gasteiger partial charge in [-0.05, 0) is 415 Å². The fraction of sp³-hybridized carbons (Fsp3) is 0.863. The van der Waals surface area contributed by atoms with E-state index in [0.29, 0.717) is 90.6 Å². The Bertz CT molecular complexity index is 5160. The molecule has 0 aliphatic heterocycles. The van der Waals surface area contributed by atoms with Crippen LogP contribution in [0.4, 0.5) is 0 Å². The first-order chi connectivity index (χ1) is 65.2. The summed E-state index contributed by atoms with van der Waals surface area (Å²) in [7, 11) is 0. The summed E-state index contributed by atoms with van der Waals surface area (Å²) in [6, 6.07) is 0. The van der Waals surface area contributed by atoms with Crippen LogP contribution < -0.4 is 51.4 Å². The molecule has 0 radical (unpaired) electrons. The number of allylic oxidation sites excluding steroid dienone is 4. The smallest absolute Gasteiger partial charge is 0.870 e. The number of carbonyl (C=O) groups excluding carboxylic acids is 7. The van der Waals surface area contributed by atoms with Crippen molar-refractivity contribution in [2.24, 2.45) is 203 Å². The van der Waals surface area contributed by atoms with Crippen LogP contribution in [0.3, 0.4) is 0 Å². The summed E-state index contributed by atoms with van der Waals surface area (Å²) < 4.78 is 11.7. The number of carbonyl (C=O) groups is 8. The molecule has 0 bridgehead atoms. The zero-order valence-electron chi connectivity index (χ0n) is 94.8. The Morgan fingerprint density at radius 3 is 0.909 bits per heavy atom. The quantitative estimate of drug-likeness (QED) is 0.0587. The van der Waals surface area contributed by atoms with Gasteiger partial charge in [0.15, 0.2) is 23.1 Å². The number of ether oxygens (including phenoxy) is 2. The van der Waals surface area contributed by atoms with Crippen molar-refractivity contribution >= 4 is 53.1 Å². The Hall–Kier alpha value is -3.62. The molecule has 18 nitrogen and oxygen atoms in total. The van der Waals surface area contributed by atoms with Crippen molar-refractivity contribution in [1.29, 1.82) is 0 Å². The summed E-state index contributed by atoms with van der Waals surface area (Å²) in [6.07, 6.45) is 35.4. The van der Waals surface area contributed by atoms with Crippen molar-refractivity contribution in [1.82, 2.24) is 0 Å². The zero-order valence-corrected chi connectivity index (χ0v) is 98.0. The minimum Gasteiger partial charge on any atom is -0.870 e. The van der Waals surface area contributed by atoms with E-state index in [2.05, 4.69) is 199 Å². The van der Waals surface area contributed by atoms with Crippen LogP contribution in [0.2, 0.25) is 0 Å². The van der Waals surface area contributed by atoms with E-state index < -0.39 is 28.3 Å². The summed E-state index contributed by atoms with van der Waals surface area (Å²) in [5.41, 5.74) is 6.82. The van der Waals surface area contributed by atoms with Crippen LogP contribution in [-0.2, 0) is 52.6 Å². The molecule has 20 aliphatic carbocycles. The molecule has 16 saturated carbocycles. The van der Waals surface area contributed by atoms with Crippen molar-refractivity contribution in [2.75, 3.05) is 6.61 Å². The zero-order chi connectivity index (χ0) is 104. The molecule has 16 fully saturated rings. The Labute approximate surface area is 903 Å². The number of aliphatic hydroxyl groups is 3. The van der Waals surface area contributed by atoms with Gasteiger partial charge < -0.3 is 40.5 Å². The normalized spacial score (nSPS) is 47.7. The Morgan fingerprint density at radius 2 is 0.601 bits per heavy atom. The third-order valence-corrected chi connectivity index (χ3v) is 51.7. The van der Waals surface area contributed by atoms with Crippen LogP contribution in [-0.4, -0.2) is 121 Å². The fourth-order valence-electron chi connectivity index (χ4n) is 44.2. The number of carboxylic acids is 2. The van der Waals surface area contributed by atoms with Gasteiger partial charge in [-0.2, -0.15) is 4.99 Å². The number of carboxylic acid groups (broad SMARTS) is 2. The first kappa shape index (κ1) is 113. The van der Waals surface area contributed by atoms with Gasteiger partial charge in [-0.25, -0.2) is 4.79 Å². The van der Waals surface area contributed by atoms with Gasteiger partial charge in [-0.3, -0.25) is 38.4 Å². The van der Waals surface area contributed by atoms with Crippen LogP contribution in [0.25, 0.3) is 0 Å². The Morgan fingerprint density at radius 1 is 0.329 bits per heavy atom. The standard InChI is InChI=1S/C32H48O5.C32H50O4.C30H45NO3.C30H46O4.K.H2O/c1-18(2)25-21(34)17-32(27(35)36)16-15-30(7)20(26(25)32)9-10-23-29(6)13-12-24(37-19(3)33)28(4,5)22(29)11-14-31(23,30)8;1-19(2)26-22(35)17-32(18-33)16-15-30(7)21(27(26)32)9-10-24-29(6)13-12-25(36-20(3)34)28(4,5)23(29)11-14-31(24,30)8;1-18(2)24-20(33)16-30(31-17-32)15-14-28(6)19(25(24)30)8-9-22-27(5)12-11-23(34)26(3,4)21(27)10-13-29(22,28)7;1-17(2)23-19(31)16-30(25(33)34)15-14-28(6)18(24(23)30)8-9-21-27(5)12-11-22(32)26(3,4)20(27)10-13-29(21,28)7;;/h18,20,22-24H,9-17H2,1-8H3,(H,35,36);19,21,23-25,33H,9-18H2,1-8H3;18-19,21-23,34H,8-16H2,1-7H3;17-18,20-22,32H,8-16H2,1-7H3,(H,33,34);;1H2/q;;;;+1;/p-1/t20-,22+,23-,24+,29+,30-,31-,32-;21-,23+,24-,25+,29+,30-,31-,32+;19-,21+,22-,23+,27+,28-,29-,30-;18-,20+,21-,22+,27+,28-,29-,30-;;/m1111../s1. The third-order valence-electron chi connectivity index (χ3n) is 51.7. The van der Waals surface area contributed by atoms with Gasteiger partial charge in [-0.1, -0.05) is 199 Å². The molecule has 0 amide bonds. The maximum atomic E-state index is 13.3. The second-order valence-corrected chi connectivity index (χ2v) is 58.9. The molecule has 0 spiro atoms. The number of ketones is 4. The molecular weight excluding hydrogens is 1810 g/mol. The number of fused-ring (bicyclic) bond motifs is 28. The number of aliphatic carboxylic acids is 2. The molecule has 0 heterocycles. The van der Waals surface area contributed by atoms with Crippen molar-refractivity contribution in [2.45, 2.75) is 469 Å². The minimum atomic E-state index is -0.991. The molecule has 0 aromatic heterocycles. The maximum Gasteiger partial charge on any atom is 1.00 e. The largest absolute Gasteiger partial charge is 1.00 e. The fourth-order valence-corrected chi connectivity index (χ4v) is 44.2. The average molecular weight is 2010 g/mol. The van der Waals surface area contributed by atoms with Crippen LogP contribution in [0.1, 0.15) is 439 Å². The number of esters is 2. The summed E-state index contributed by atoms with van der Waals surface area (Å²) >= 11 is 0. The molecule has 794 valence electrons. The molecule has 143 heavy (non-hydrogen) atoms. The van der Waals surface area contributed by atoms with E-state index in [1.165, 1.54) is 56.6 Å². The van der Waals surface area contributed by atoms with Crippen LogP contribution in [0.15, 0.2) is 49.6 Å². The molecule has 0 saturated heterocycles. The van der Waals surface area contributed by atoms with Gasteiger partial charge in [0.05, 0.1) is 29.6 Å². The monoisotopic (exact) mass is 2000 g/mol. The van der Waals surface area contributed by atoms with Crippen molar-refractivity contribution in [3.05, 3.63) is 44.6 Å². The number of aliphatic imine (C=N–C) groups is 1. The topological polar surface area (TPSA) is 316 Å². The van der Waals surface area contributed by atoms with Gasteiger partial charge in [0.25, 0.3) is 0 Å². The van der Waals surface area contributed by atoms with E-state index in [1.54, 1.807) is 6.92 Å². The van der Waals surface area contributed by atoms with Gasteiger partial charge in [0, 0.05) is 55.8 Å². The minimum absolute atomic E-state index is 0. The van der Waals surface area contributed by atoms with E-state index >= 15 is 0 Å². The van der Waals surface area contributed by atoms with E-state index in [4.69, 9.17) is 9.47 Å². The van der Waals surface area contributed by atoms with Gasteiger partial charge in [0.2, 0.25) is 6.08 Å². The van der Waals surface area contributed by atoms with Crippen LogP contribution >= 0.6 is 0 Å². The van der Waals surface area contributed by atoms with E-state index in [-0.39, 0.29) is 258 Å². The second-order valence-electron chi connectivity index (χ2n) is 58.9. The Kier molecular flexibility index (Phi) is 29.4. The van der Waals surface area contributed by atoms with Gasteiger partial charge in [-0.15, -0.1) is 0 Å². The van der Waals surface area contributed by atoms with E-state index in [1.807, 2.05) is 6.08 Å². The van der Waals surface area contributed by atoms with Crippen molar-refractivity contribution in [3.8, 4) is 0 Å². The maximum absolute atomic E-state index is 13.3. The predicted molar refractivity (Wildman–Crippen MR) is 554 cm³/mol. The van der Waals surface area contributed by atoms with Crippen LogP contribution in [0.5, 0.6) is 0 Å². The average Bonchev–Trinajstić information content (AvgIpc) is 1.67. The Balaban J connectivity index is 0.000000143. The molecule has 32 atom stereocenters. The molecule has 0 aromatic carbocycles. The molecule has 6 N–H and O–H groups in total. The number of Topliss-reactive ketones (excluding diaryl/α,β-unsaturated/α-hetero) is 4. The van der Waals surface area contributed by atoms with Crippen molar-refractivity contribution in [3.63, 3.8) is 0 Å². The molecule has 0 aromatic rings. The number of nitrogens with zero attached hydrogens (tertiary/aromatic N) is 1. The second kappa shape index (κ2) is 37.1. The first-order valence-corrected chi connectivity index (χ1v) is 57.2. The number of hydrogen-bond acceptors (Lipinski definition) is 16. The summed E-state index contributed by atoms with van der Waals surface area (Å²) in [5.74, 6) is 4.78. The SMILES string of the molecule is CC(=O)O[C@H]1CC[C@]2(C)[C@H]3CC[C@@H]4C5=C(C(C)C)C(=O)C[C@]5(C(=O)O)CC[C@@]4(C)[C@]3(C)CC[C@H]2C1(C)C.CC(=O)O[C@H]1CC[C@]2(C)[C@H]3CC[C@@H]4C5=C(C(C)C)C(=O)C[C@]5(CO)CC[C@@]4(C)[C@]3(C)CC[C@H]2C1(C)C.CC(C)C1=C2[C@H]3CC[C@@H]4[C@@]5(C)CC[C@H](O)C(C)(C)[C@@H]5CC[C@@]4(C)[C@]3(C)CC[C@@]2(C(=O)O)CC1=O.CC(C)C1=C2[C@H]3CC[C@@H]4[C@@]5(C)CC[C@H](O)C(C)(C)[C@@H]5CC[C@@]4(C)[C@]3(C)CC[C@@]2(N=C=O)CC1=O.[K+].[OH-]. The molecule has 20 aliphatic rings. The van der Waals surface area contributed by atoms with Crippen molar-refractivity contribution < 1.29 is 135 Å². The van der Waals surface area contributed by atoms with E-state index in [9.17, 15) is 68.7 Å². The summed E-state index contributed by atoms with van der Waals surface area (Å²) in [4.78, 5) is 118. The number of aliphatic hydroxyl groups excluding tert-OH is 3. The summed E-state index contributed by atoms with van der Waals surface area (Å²) in [6.45, 7) is 68.8. The molecule has 0 unspecified atom stereocenters. The number of rotatable bonds is 10.